The van der Waals surface area contributed by atoms with E-state index < -0.39 is 18.0 Å². The highest BCUT2D eigenvalue weighted by Crippen LogP contribution is 1.98. The molecule has 0 aliphatic carbocycles. The molecule has 0 bridgehead atoms. The van der Waals surface area contributed by atoms with E-state index in [-0.39, 0.29) is 6.42 Å². The summed E-state index contributed by atoms with van der Waals surface area (Å²) in [5.41, 5.74) is 3.04. The fraction of sp³-hybridized carbons (Fsp3) is 0.444. The molecular formula is C9H15N5O3. The van der Waals surface area contributed by atoms with Crippen molar-refractivity contribution in [2.75, 3.05) is 14.1 Å². The molecule has 0 radical (unpaired) electrons. The zero-order chi connectivity index (χ0) is 12.8. The maximum Gasteiger partial charge on any atom is 0.330 e. The van der Waals surface area contributed by atoms with Gasteiger partial charge in [-0.2, -0.15) is 0 Å². The van der Waals surface area contributed by atoms with Crippen LogP contribution >= 0.6 is 0 Å². The molecule has 0 fully saturated rings. The number of carbonyl (C=O) groups is 2. The number of carboxylic acid groups (broad SMARTS) is 1. The molecule has 0 aliphatic heterocycles. The molecule has 0 saturated carbocycles. The van der Waals surface area contributed by atoms with Crippen LogP contribution in [0.2, 0.25) is 0 Å². The summed E-state index contributed by atoms with van der Waals surface area (Å²) in [6, 6.07) is -1.57. The molecule has 17 heavy (non-hydrogen) atoms. The minimum absolute atomic E-state index is 0.149. The van der Waals surface area contributed by atoms with Gasteiger partial charge in [0.1, 0.15) is 6.04 Å². The molecule has 0 aromatic carbocycles. The summed E-state index contributed by atoms with van der Waals surface area (Å²) in [5.74, 6) is -1.10. The third-order valence-electron chi connectivity index (χ3n) is 1.91. The number of hydrogen-bond donors (Lipinski definition) is 4. The van der Waals surface area contributed by atoms with Gasteiger partial charge in [0.2, 0.25) is 0 Å². The van der Waals surface area contributed by atoms with Crippen molar-refractivity contribution in [2.24, 2.45) is 0 Å². The van der Waals surface area contributed by atoms with E-state index in [0.717, 1.165) is 0 Å². The second-order valence-corrected chi connectivity index (χ2v) is 3.65. The van der Waals surface area contributed by atoms with Gasteiger partial charge in [0, 0.05) is 32.4 Å². The molecule has 0 spiro atoms. The highest BCUT2D eigenvalue weighted by atomic mass is 16.4. The van der Waals surface area contributed by atoms with E-state index in [1.165, 1.54) is 17.5 Å². The number of carboxylic acids is 1. The Morgan fingerprint density at radius 1 is 1.59 bits per heavy atom. The summed E-state index contributed by atoms with van der Waals surface area (Å²) in [7, 11) is 3.26. The lowest BCUT2D eigenvalue weighted by molar-refractivity contribution is -0.139. The van der Waals surface area contributed by atoms with Gasteiger partial charge < -0.3 is 15.4 Å². The van der Waals surface area contributed by atoms with Crippen LogP contribution in [0.5, 0.6) is 0 Å². The number of nitrogens with one attached hydrogen (secondary N) is 3. The lowest BCUT2D eigenvalue weighted by Crippen LogP contribution is -2.50. The first-order valence-corrected chi connectivity index (χ1v) is 4.93. The summed E-state index contributed by atoms with van der Waals surface area (Å²) in [4.78, 5) is 28.9. The molecule has 0 aliphatic rings. The van der Waals surface area contributed by atoms with Crippen LogP contribution in [0.1, 0.15) is 5.69 Å². The fourth-order valence-corrected chi connectivity index (χ4v) is 1.21. The van der Waals surface area contributed by atoms with Crippen LogP contribution in [-0.4, -0.2) is 52.2 Å². The molecule has 8 heteroatoms. The summed E-state index contributed by atoms with van der Waals surface area (Å²) < 4.78 is 0. The number of aromatic nitrogens is 2. The Morgan fingerprint density at radius 3 is 2.76 bits per heavy atom. The van der Waals surface area contributed by atoms with E-state index in [1.54, 1.807) is 14.1 Å². The van der Waals surface area contributed by atoms with Gasteiger partial charge in [-0.05, 0) is 0 Å². The van der Waals surface area contributed by atoms with Gasteiger partial charge in [0.15, 0.2) is 0 Å². The van der Waals surface area contributed by atoms with Crippen molar-refractivity contribution in [1.82, 2.24) is 25.7 Å². The minimum Gasteiger partial charge on any atom is -0.480 e. The molecule has 2 amide bonds. The fourth-order valence-electron chi connectivity index (χ4n) is 1.21. The molecule has 1 aromatic heterocycles. The van der Waals surface area contributed by atoms with Crippen LogP contribution in [0.25, 0.3) is 0 Å². The van der Waals surface area contributed by atoms with Crippen LogP contribution in [0.3, 0.4) is 0 Å². The number of nitrogens with zero attached hydrogens (tertiary/aromatic N) is 2. The van der Waals surface area contributed by atoms with Gasteiger partial charge in [-0.15, -0.1) is 0 Å². The van der Waals surface area contributed by atoms with Gasteiger partial charge in [-0.25, -0.2) is 19.6 Å². The lowest BCUT2D eigenvalue weighted by Gasteiger charge is -2.17. The number of carbonyl (C=O) groups excluding carboxylic acids is 1. The standard InChI is InChI=1S/C9H15N5O3/c1-14(2)13-9(17)12-7(8(15)16)3-6-4-10-5-11-6/h4-5,7H,3H2,1-2H3,(H,10,11)(H,15,16)(H2,12,13,17)/t7-/m0/s1. The zero-order valence-electron chi connectivity index (χ0n) is 9.60. The number of H-pyrrole nitrogens is 1. The van der Waals surface area contributed by atoms with Crippen molar-refractivity contribution in [3.8, 4) is 0 Å². The summed E-state index contributed by atoms with van der Waals surface area (Å²) in [5, 5.41) is 12.7. The molecule has 8 nitrogen and oxygen atoms in total. The van der Waals surface area contributed by atoms with E-state index in [2.05, 4.69) is 20.7 Å². The third kappa shape index (κ3) is 4.51. The van der Waals surface area contributed by atoms with E-state index in [9.17, 15) is 9.59 Å². The summed E-state index contributed by atoms with van der Waals surface area (Å²) >= 11 is 0. The van der Waals surface area contributed by atoms with E-state index in [0.29, 0.717) is 5.69 Å². The van der Waals surface area contributed by atoms with Crippen molar-refractivity contribution in [1.29, 1.82) is 0 Å². The molecule has 1 aromatic rings. The van der Waals surface area contributed by atoms with Gasteiger partial charge >= 0.3 is 12.0 Å². The first kappa shape index (κ1) is 13.0. The van der Waals surface area contributed by atoms with Gasteiger partial charge in [-0.3, -0.25) is 5.43 Å². The number of rotatable bonds is 5. The van der Waals surface area contributed by atoms with Crippen LogP contribution in [0.15, 0.2) is 12.5 Å². The topological polar surface area (TPSA) is 110 Å². The number of amides is 2. The second kappa shape index (κ2) is 5.85. The quantitative estimate of drug-likeness (QED) is 0.503. The lowest BCUT2D eigenvalue weighted by atomic mass is 10.2. The Hall–Kier alpha value is -2.09. The van der Waals surface area contributed by atoms with Crippen molar-refractivity contribution >= 4 is 12.0 Å². The summed E-state index contributed by atoms with van der Waals surface area (Å²) in [6.45, 7) is 0. The Bertz CT molecular complexity index is 376. The highest BCUT2D eigenvalue weighted by molar-refractivity contribution is 5.82. The van der Waals surface area contributed by atoms with Crippen LogP contribution in [0, 0.1) is 0 Å². The van der Waals surface area contributed by atoms with E-state index >= 15 is 0 Å². The molecular weight excluding hydrogens is 226 g/mol. The smallest absolute Gasteiger partial charge is 0.330 e. The van der Waals surface area contributed by atoms with Crippen molar-refractivity contribution < 1.29 is 14.7 Å². The van der Waals surface area contributed by atoms with Crippen LogP contribution in [0.4, 0.5) is 4.79 Å². The molecule has 1 rings (SSSR count). The number of hydrazine groups is 1. The van der Waals surface area contributed by atoms with Gasteiger partial charge in [0.05, 0.1) is 6.33 Å². The van der Waals surface area contributed by atoms with E-state index in [1.807, 2.05) is 0 Å². The SMILES string of the molecule is CN(C)NC(=O)N[C@@H](Cc1cnc[nH]1)C(=O)O. The van der Waals surface area contributed by atoms with Crippen molar-refractivity contribution in [3.05, 3.63) is 18.2 Å². The Labute approximate surface area is 98.0 Å². The van der Waals surface area contributed by atoms with E-state index in [4.69, 9.17) is 5.11 Å². The number of imidazole rings is 1. The summed E-state index contributed by atoms with van der Waals surface area (Å²) in [6.07, 6.45) is 3.12. The Balaban J connectivity index is 2.55. The third-order valence-corrected chi connectivity index (χ3v) is 1.91. The normalized spacial score (nSPS) is 12.2. The number of hydrogen-bond acceptors (Lipinski definition) is 4. The number of urea groups is 1. The monoisotopic (exact) mass is 241 g/mol. The zero-order valence-corrected chi connectivity index (χ0v) is 9.60. The minimum atomic E-state index is -1.10. The molecule has 4 N–H and O–H groups in total. The van der Waals surface area contributed by atoms with Gasteiger partial charge in [0.25, 0.3) is 0 Å². The van der Waals surface area contributed by atoms with Crippen molar-refractivity contribution in [3.63, 3.8) is 0 Å². The second-order valence-electron chi connectivity index (χ2n) is 3.65. The average molecular weight is 241 g/mol. The maximum absolute atomic E-state index is 11.3. The Kier molecular flexibility index (Phi) is 4.46. The maximum atomic E-state index is 11.3. The largest absolute Gasteiger partial charge is 0.480 e. The first-order chi connectivity index (χ1) is 7.99. The Morgan fingerprint density at radius 2 is 2.29 bits per heavy atom. The predicted molar refractivity (Wildman–Crippen MR) is 59.1 cm³/mol. The molecule has 1 heterocycles. The number of aromatic amines is 1. The molecule has 1 atom stereocenters. The van der Waals surface area contributed by atoms with Gasteiger partial charge in [-0.1, -0.05) is 0 Å². The molecule has 0 unspecified atom stereocenters. The highest BCUT2D eigenvalue weighted by Gasteiger charge is 2.21. The van der Waals surface area contributed by atoms with Crippen molar-refractivity contribution in [2.45, 2.75) is 12.5 Å². The molecule has 0 saturated heterocycles. The molecule has 94 valence electrons. The van der Waals surface area contributed by atoms with Crippen LogP contribution < -0.4 is 10.7 Å². The predicted octanol–water partition coefficient (Wildman–Crippen LogP) is -0.819. The average Bonchev–Trinajstić information content (AvgIpc) is 2.67. The number of aliphatic carboxylic acids is 1. The first-order valence-electron chi connectivity index (χ1n) is 4.93. The van der Waals surface area contributed by atoms with Crippen LogP contribution in [-0.2, 0) is 11.2 Å².